The molecule has 0 aliphatic rings. The Morgan fingerprint density at radius 2 is 1.21 bits per heavy atom. The number of fused-ring (bicyclic) bond motifs is 2. The lowest BCUT2D eigenvalue weighted by Gasteiger charge is -2.12. The molecule has 0 heterocycles. The van der Waals surface area contributed by atoms with E-state index in [-0.39, 0.29) is 5.97 Å². The van der Waals surface area contributed by atoms with Crippen molar-refractivity contribution < 1.29 is 9.53 Å². The van der Waals surface area contributed by atoms with Gasteiger partial charge in [0.2, 0.25) is 0 Å². The second-order valence-corrected chi connectivity index (χ2v) is 7.70. The summed E-state index contributed by atoms with van der Waals surface area (Å²) in [6.07, 6.45) is 11.7. The van der Waals surface area contributed by atoms with Crippen LogP contribution in [-0.4, -0.2) is 5.97 Å². The fraction of sp³-hybridized carbons (Fsp3) is 0.423. The molecule has 28 heavy (non-hydrogen) atoms. The highest BCUT2D eigenvalue weighted by Crippen LogP contribution is 2.35. The van der Waals surface area contributed by atoms with Crippen molar-refractivity contribution in [3.05, 3.63) is 54.6 Å². The third-order valence-electron chi connectivity index (χ3n) is 5.42. The van der Waals surface area contributed by atoms with Crippen LogP contribution in [0.4, 0.5) is 0 Å². The quantitative estimate of drug-likeness (QED) is 0.147. The normalized spacial score (nSPS) is 11.2. The van der Waals surface area contributed by atoms with E-state index in [9.17, 15) is 4.79 Å². The average molecular weight is 377 g/mol. The van der Waals surface area contributed by atoms with Gasteiger partial charge >= 0.3 is 5.97 Å². The molecule has 0 fully saturated rings. The van der Waals surface area contributed by atoms with Gasteiger partial charge in [0, 0.05) is 17.2 Å². The zero-order valence-electron chi connectivity index (χ0n) is 17.1. The molecule has 3 aromatic rings. The van der Waals surface area contributed by atoms with Crippen molar-refractivity contribution in [1.29, 1.82) is 0 Å². The molecule has 0 aliphatic heterocycles. The molecule has 3 aromatic carbocycles. The lowest BCUT2D eigenvalue weighted by atomic mass is 10.0. The summed E-state index contributed by atoms with van der Waals surface area (Å²) in [4.78, 5) is 12.5. The number of ether oxygens (including phenoxy) is 1. The molecule has 0 radical (unpaired) electrons. The lowest BCUT2D eigenvalue weighted by molar-refractivity contribution is -0.134. The lowest BCUT2D eigenvalue weighted by Crippen LogP contribution is -2.08. The molecule has 0 saturated heterocycles. The summed E-state index contributed by atoms with van der Waals surface area (Å²) in [6, 6.07) is 18.4. The maximum atomic E-state index is 12.5. The monoisotopic (exact) mass is 376 g/mol. The van der Waals surface area contributed by atoms with Crippen molar-refractivity contribution in [2.75, 3.05) is 0 Å². The van der Waals surface area contributed by atoms with Gasteiger partial charge in [-0.2, -0.15) is 0 Å². The van der Waals surface area contributed by atoms with Crippen LogP contribution < -0.4 is 4.74 Å². The van der Waals surface area contributed by atoms with Crippen LogP contribution in [0.2, 0.25) is 0 Å². The van der Waals surface area contributed by atoms with Crippen molar-refractivity contribution in [2.24, 2.45) is 0 Å². The number of benzene rings is 3. The molecule has 0 bridgehead atoms. The zero-order chi connectivity index (χ0) is 19.6. The van der Waals surface area contributed by atoms with Gasteiger partial charge in [-0.15, -0.1) is 0 Å². The highest BCUT2D eigenvalue weighted by molar-refractivity contribution is 6.06. The predicted molar refractivity (Wildman–Crippen MR) is 119 cm³/mol. The highest BCUT2D eigenvalue weighted by Gasteiger charge is 2.12. The van der Waals surface area contributed by atoms with E-state index in [1.807, 2.05) is 36.4 Å². The highest BCUT2D eigenvalue weighted by atomic mass is 16.5. The van der Waals surface area contributed by atoms with Crippen LogP contribution in [0, 0.1) is 0 Å². The van der Waals surface area contributed by atoms with Crippen molar-refractivity contribution in [2.45, 2.75) is 71.1 Å². The summed E-state index contributed by atoms with van der Waals surface area (Å²) in [5.74, 6) is 0.582. The average Bonchev–Trinajstić information content (AvgIpc) is 2.72. The number of carbonyl (C=O) groups excluding carboxylic acids is 1. The first kappa shape index (κ1) is 20.4. The second-order valence-electron chi connectivity index (χ2n) is 7.70. The summed E-state index contributed by atoms with van der Waals surface area (Å²) in [6.45, 7) is 2.25. The fourth-order valence-electron chi connectivity index (χ4n) is 3.83. The topological polar surface area (TPSA) is 26.3 Å². The smallest absolute Gasteiger partial charge is 0.311 e. The molecular weight excluding hydrogens is 344 g/mol. The maximum absolute atomic E-state index is 12.5. The standard InChI is InChI=1S/C26H32O2/c1-2-3-4-5-6-7-8-9-10-19-25(27)28-26-23-17-13-11-15-21(23)20-22-16-12-14-18-24(22)26/h11-18,20H,2-10,19H2,1H3. The Morgan fingerprint density at radius 3 is 1.79 bits per heavy atom. The Morgan fingerprint density at radius 1 is 0.714 bits per heavy atom. The second kappa shape index (κ2) is 10.8. The van der Waals surface area contributed by atoms with E-state index in [4.69, 9.17) is 4.74 Å². The summed E-state index contributed by atoms with van der Waals surface area (Å²) in [5.41, 5.74) is 0. The maximum Gasteiger partial charge on any atom is 0.311 e. The molecular formula is C26H32O2. The molecule has 0 aromatic heterocycles. The fourth-order valence-corrected chi connectivity index (χ4v) is 3.83. The Labute approximate surface area is 168 Å². The number of carbonyl (C=O) groups is 1. The number of hydrogen-bond acceptors (Lipinski definition) is 2. The molecule has 0 N–H and O–H groups in total. The van der Waals surface area contributed by atoms with Crippen LogP contribution in [0.15, 0.2) is 54.6 Å². The van der Waals surface area contributed by atoms with E-state index >= 15 is 0 Å². The van der Waals surface area contributed by atoms with Crippen molar-refractivity contribution in [1.82, 2.24) is 0 Å². The molecule has 0 spiro atoms. The van der Waals surface area contributed by atoms with Crippen molar-refractivity contribution >= 4 is 27.5 Å². The van der Waals surface area contributed by atoms with Gasteiger partial charge in [-0.3, -0.25) is 4.79 Å². The molecule has 0 unspecified atom stereocenters. The van der Waals surface area contributed by atoms with E-state index in [2.05, 4.69) is 25.1 Å². The summed E-state index contributed by atoms with van der Waals surface area (Å²) >= 11 is 0. The Bertz CT molecular complexity index is 843. The zero-order valence-corrected chi connectivity index (χ0v) is 17.1. The summed E-state index contributed by atoms with van der Waals surface area (Å²) in [5, 5.41) is 4.21. The molecule has 2 heteroatoms. The van der Waals surface area contributed by atoms with Crippen LogP contribution in [0.25, 0.3) is 21.5 Å². The first-order chi connectivity index (χ1) is 13.8. The van der Waals surface area contributed by atoms with Gasteiger partial charge in [0.1, 0.15) is 5.75 Å². The largest absolute Gasteiger partial charge is 0.425 e. The van der Waals surface area contributed by atoms with Gasteiger partial charge in [0.25, 0.3) is 0 Å². The van der Waals surface area contributed by atoms with Crippen LogP contribution in [0.1, 0.15) is 71.1 Å². The Hall–Kier alpha value is -2.35. The Kier molecular flexibility index (Phi) is 7.90. The van der Waals surface area contributed by atoms with Crippen LogP contribution in [0.3, 0.4) is 0 Å². The van der Waals surface area contributed by atoms with E-state index in [1.165, 1.54) is 44.9 Å². The van der Waals surface area contributed by atoms with Crippen LogP contribution >= 0.6 is 0 Å². The van der Waals surface area contributed by atoms with E-state index in [0.29, 0.717) is 12.2 Å². The molecule has 0 saturated carbocycles. The van der Waals surface area contributed by atoms with Gasteiger partial charge in [0.15, 0.2) is 0 Å². The van der Waals surface area contributed by atoms with Gasteiger partial charge in [-0.25, -0.2) is 0 Å². The third-order valence-corrected chi connectivity index (χ3v) is 5.42. The molecule has 148 valence electrons. The van der Waals surface area contributed by atoms with Gasteiger partial charge < -0.3 is 4.74 Å². The summed E-state index contributed by atoms with van der Waals surface area (Å²) < 4.78 is 5.87. The first-order valence-electron chi connectivity index (χ1n) is 10.9. The van der Waals surface area contributed by atoms with Crippen molar-refractivity contribution in [3.8, 4) is 5.75 Å². The van der Waals surface area contributed by atoms with E-state index in [0.717, 1.165) is 34.4 Å². The number of rotatable bonds is 11. The number of unbranched alkanes of at least 4 members (excludes halogenated alkanes) is 8. The number of hydrogen-bond donors (Lipinski definition) is 0. The molecule has 2 nitrogen and oxygen atoms in total. The SMILES string of the molecule is CCCCCCCCCCCC(=O)Oc1c2ccccc2cc2ccccc12. The summed E-state index contributed by atoms with van der Waals surface area (Å²) in [7, 11) is 0. The van der Waals surface area contributed by atoms with Crippen molar-refractivity contribution in [3.63, 3.8) is 0 Å². The minimum Gasteiger partial charge on any atom is -0.425 e. The molecule has 0 atom stereocenters. The molecule has 3 rings (SSSR count). The number of esters is 1. The van der Waals surface area contributed by atoms with Gasteiger partial charge in [-0.1, -0.05) is 107 Å². The minimum absolute atomic E-state index is 0.121. The predicted octanol–water partition coefficient (Wildman–Crippen LogP) is 7.82. The van der Waals surface area contributed by atoms with Crippen LogP contribution in [0.5, 0.6) is 5.75 Å². The minimum atomic E-state index is -0.121. The Balaban J connectivity index is 1.53. The molecule has 0 amide bonds. The van der Waals surface area contributed by atoms with Crippen LogP contribution in [-0.2, 0) is 4.79 Å². The van der Waals surface area contributed by atoms with Gasteiger partial charge in [0.05, 0.1) is 0 Å². The first-order valence-corrected chi connectivity index (χ1v) is 10.9. The van der Waals surface area contributed by atoms with E-state index in [1.54, 1.807) is 0 Å². The van der Waals surface area contributed by atoms with E-state index < -0.39 is 0 Å². The third kappa shape index (κ3) is 5.58. The molecule has 0 aliphatic carbocycles. The van der Waals surface area contributed by atoms with Gasteiger partial charge in [-0.05, 0) is 23.3 Å².